The average Bonchev–Trinajstić information content (AvgIpc) is 3.19. The lowest BCUT2D eigenvalue weighted by Crippen LogP contribution is -2.35. The summed E-state index contributed by atoms with van der Waals surface area (Å²) in [4.78, 5) is 17.4. The van der Waals surface area contributed by atoms with Crippen molar-refractivity contribution in [3.8, 4) is 0 Å². The zero-order valence-corrected chi connectivity index (χ0v) is 14.8. The Morgan fingerprint density at radius 3 is 2.96 bits per heavy atom. The third-order valence-corrected chi connectivity index (χ3v) is 4.47. The number of hydrogen-bond acceptors (Lipinski definition) is 4. The SMILES string of the molecule is CCn1ncc(Cl)c1CNC(=O)C1CC(c2c(F)cccc2Cl)=NO1. The molecule has 1 atom stereocenters. The number of carbonyl (C=O) groups is 1. The third kappa shape index (κ3) is 3.62. The number of rotatable bonds is 5. The molecule has 1 unspecified atom stereocenters. The molecule has 1 N–H and O–H groups in total. The van der Waals surface area contributed by atoms with E-state index in [-0.39, 0.29) is 29.5 Å². The van der Waals surface area contributed by atoms with Crippen LogP contribution in [0.2, 0.25) is 10.0 Å². The van der Waals surface area contributed by atoms with Crippen LogP contribution in [0.15, 0.2) is 29.6 Å². The molecule has 3 rings (SSSR count). The van der Waals surface area contributed by atoms with Gasteiger partial charge >= 0.3 is 0 Å². The van der Waals surface area contributed by atoms with E-state index in [0.29, 0.717) is 23.0 Å². The lowest BCUT2D eigenvalue weighted by molar-refractivity contribution is -0.131. The molecule has 25 heavy (non-hydrogen) atoms. The Kier molecular flexibility index (Phi) is 5.24. The van der Waals surface area contributed by atoms with E-state index in [4.69, 9.17) is 28.0 Å². The molecule has 0 aliphatic carbocycles. The minimum Gasteiger partial charge on any atom is -0.382 e. The summed E-state index contributed by atoms with van der Waals surface area (Å²) in [7, 11) is 0. The van der Waals surface area contributed by atoms with Crippen molar-refractivity contribution in [2.75, 3.05) is 0 Å². The highest BCUT2D eigenvalue weighted by molar-refractivity contribution is 6.34. The van der Waals surface area contributed by atoms with Crippen molar-refractivity contribution in [1.29, 1.82) is 0 Å². The van der Waals surface area contributed by atoms with Crippen LogP contribution >= 0.6 is 23.2 Å². The third-order valence-electron chi connectivity index (χ3n) is 3.84. The quantitative estimate of drug-likeness (QED) is 0.860. The Hall–Kier alpha value is -2.12. The van der Waals surface area contributed by atoms with Gasteiger partial charge in [-0.05, 0) is 19.1 Å². The summed E-state index contributed by atoms with van der Waals surface area (Å²) in [6.07, 6.45) is 0.815. The second-order valence-electron chi connectivity index (χ2n) is 5.41. The maximum absolute atomic E-state index is 13.9. The van der Waals surface area contributed by atoms with Gasteiger partial charge in [0.1, 0.15) is 5.82 Å². The van der Waals surface area contributed by atoms with Crippen molar-refractivity contribution in [3.63, 3.8) is 0 Å². The molecule has 6 nitrogen and oxygen atoms in total. The van der Waals surface area contributed by atoms with E-state index >= 15 is 0 Å². The molecule has 0 radical (unpaired) electrons. The van der Waals surface area contributed by atoms with E-state index in [1.54, 1.807) is 10.7 Å². The summed E-state index contributed by atoms with van der Waals surface area (Å²) in [6, 6.07) is 4.34. The van der Waals surface area contributed by atoms with E-state index in [1.165, 1.54) is 18.3 Å². The van der Waals surface area contributed by atoms with Crippen LogP contribution in [-0.2, 0) is 22.7 Å². The maximum atomic E-state index is 13.9. The molecule has 2 heterocycles. The Bertz CT molecular complexity index is 817. The standard InChI is InChI=1S/C16H15Cl2FN4O2/c1-2-23-13(10(18)7-21-23)8-20-16(24)14-6-12(22-25-14)15-9(17)4-3-5-11(15)19/h3-5,7,14H,2,6,8H2,1H3,(H,20,24). The topological polar surface area (TPSA) is 68.5 Å². The van der Waals surface area contributed by atoms with Crippen molar-refractivity contribution in [3.05, 3.63) is 51.5 Å². The van der Waals surface area contributed by atoms with Crippen LogP contribution in [0.5, 0.6) is 0 Å². The fraction of sp³-hybridized carbons (Fsp3) is 0.312. The molecular formula is C16H15Cl2FN4O2. The number of nitrogens with one attached hydrogen (secondary N) is 1. The Labute approximate surface area is 153 Å². The Balaban J connectivity index is 1.63. The number of halogens is 3. The highest BCUT2D eigenvalue weighted by Gasteiger charge is 2.31. The molecule has 0 saturated heterocycles. The number of oxime groups is 1. The van der Waals surface area contributed by atoms with Gasteiger partial charge < -0.3 is 10.2 Å². The number of benzene rings is 1. The van der Waals surface area contributed by atoms with Gasteiger partial charge in [0.25, 0.3) is 5.91 Å². The molecule has 0 spiro atoms. The van der Waals surface area contributed by atoms with Gasteiger partial charge in [0.15, 0.2) is 0 Å². The van der Waals surface area contributed by atoms with Gasteiger partial charge in [-0.1, -0.05) is 34.4 Å². The van der Waals surface area contributed by atoms with Crippen molar-refractivity contribution in [2.45, 2.75) is 32.5 Å². The predicted octanol–water partition coefficient (Wildman–Crippen LogP) is 3.16. The zero-order chi connectivity index (χ0) is 18.0. The van der Waals surface area contributed by atoms with Gasteiger partial charge in [0.05, 0.1) is 39.8 Å². The molecule has 9 heteroatoms. The number of aryl methyl sites for hydroxylation is 1. The number of aromatic nitrogens is 2. The van der Waals surface area contributed by atoms with Gasteiger partial charge in [0, 0.05) is 13.0 Å². The fourth-order valence-electron chi connectivity index (χ4n) is 2.56. The molecule has 132 valence electrons. The molecular weight excluding hydrogens is 370 g/mol. The van der Waals surface area contributed by atoms with E-state index in [2.05, 4.69) is 15.6 Å². The Morgan fingerprint density at radius 2 is 2.24 bits per heavy atom. The van der Waals surface area contributed by atoms with Gasteiger partial charge in [-0.2, -0.15) is 5.10 Å². The zero-order valence-electron chi connectivity index (χ0n) is 13.3. The maximum Gasteiger partial charge on any atom is 0.264 e. The van der Waals surface area contributed by atoms with E-state index in [9.17, 15) is 9.18 Å². The largest absolute Gasteiger partial charge is 0.382 e. The van der Waals surface area contributed by atoms with Crippen LogP contribution in [0.4, 0.5) is 4.39 Å². The molecule has 0 bridgehead atoms. The van der Waals surface area contributed by atoms with Crippen molar-refractivity contribution < 1.29 is 14.0 Å². The first-order valence-electron chi connectivity index (χ1n) is 7.66. The second-order valence-corrected chi connectivity index (χ2v) is 6.22. The second kappa shape index (κ2) is 7.41. The van der Waals surface area contributed by atoms with Gasteiger partial charge in [-0.3, -0.25) is 9.48 Å². The fourth-order valence-corrected chi connectivity index (χ4v) is 3.04. The Morgan fingerprint density at radius 1 is 1.44 bits per heavy atom. The minimum absolute atomic E-state index is 0.132. The van der Waals surface area contributed by atoms with Crippen LogP contribution in [-0.4, -0.2) is 27.5 Å². The summed E-state index contributed by atoms with van der Waals surface area (Å²) in [6.45, 7) is 2.77. The first-order chi connectivity index (χ1) is 12.0. The molecule has 1 aromatic carbocycles. The van der Waals surface area contributed by atoms with Crippen molar-refractivity contribution in [1.82, 2.24) is 15.1 Å². The summed E-state index contributed by atoms with van der Waals surface area (Å²) >= 11 is 12.1. The van der Waals surface area contributed by atoms with Crippen LogP contribution < -0.4 is 5.32 Å². The molecule has 1 aliphatic rings. The van der Waals surface area contributed by atoms with Gasteiger partial charge in [-0.25, -0.2) is 4.39 Å². The van der Waals surface area contributed by atoms with Crippen molar-refractivity contribution >= 4 is 34.8 Å². The van der Waals surface area contributed by atoms with E-state index in [0.717, 1.165) is 0 Å². The number of carbonyl (C=O) groups excluding carboxylic acids is 1. The lowest BCUT2D eigenvalue weighted by Gasteiger charge is -2.11. The van der Waals surface area contributed by atoms with E-state index in [1.807, 2.05) is 6.92 Å². The first kappa shape index (κ1) is 17.7. The molecule has 0 fully saturated rings. The smallest absolute Gasteiger partial charge is 0.264 e. The minimum atomic E-state index is -0.845. The normalized spacial score (nSPS) is 16.5. The molecule has 0 saturated carbocycles. The average molecular weight is 385 g/mol. The van der Waals surface area contributed by atoms with Gasteiger partial charge in [0.2, 0.25) is 6.10 Å². The summed E-state index contributed by atoms with van der Waals surface area (Å²) < 4.78 is 15.6. The number of hydrogen-bond donors (Lipinski definition) is 1. The van der Waals surface area contributed by atoms with Crippen LogP contribution in [0.25, 0.3) is 0 Å². The predicted molar refractivity (Wildman–Crippen MR) is 92.2 cm³/mol. The number of nitrogens with zero attached hydrogens (tertiary/aromatic N) is 3. The highest BCUT2D eigenvalue weighted by Crippen LogP contribution is 2.25. The molecule has 2 aromatic rings. The van der Waals surface area contributed by atoms with E-state index < -0.39 is 11.9 Å². The summed E-state index contributed by atoms with van der Waals surface area (Å²) in [5, 5.41) is 11.4. The van der Waals surface area contributed by atoms with Crippen LogP contribution in [0.3, 0.4) is 0 Å². The lowest BCUT2D eigenvalue weighted by atomic mass is 10.0. The summed E-state index contributed by atoms with van der Waals surface area (Å²) in [5.74, 6) is -0.874. The van der Waals surface area contributed by atoms with Crippen molar-refractivity contribution in [2.24, 2.45) is 5.16 Å². The highest BCUT2D eigenvalue weighted by atomic mass is 35.5. The molecule has 1 aliphatic heterocycles. The first-order valence-corrected chi connectivity index (χ1v) is 8.41. The van der Waals surface area contributed by atoms with Crippen LogP contribution in [0, 0.1) is 5.82 Å². The molecule has 1 amide bonds. The summed E-state index contributed by atoms with van der Waals surface area (Å²) in [5.41, 5.74) is 1.17. The molecule has 1 aromatic heterocycles. The van der Waals surface area contributed by atoms with Crippen LogP contribution in [0.1, 0.15) is 24.6 Å². The van der Waals surface area contributed by atoms with Gasteiger partial charge in [-0.15, -0.1) is 0 Å². The number of amides is 1. The monoisotopic (exact) mass is 384 g/mol.